The molecular formula is C21H20ClN3O4S. The zero-order valence-corrected chi connectivity index (χ0v) is 18.5. The van der Waals surface area contributed by atoms with Gasteiger partial charge in [0.2, 0.25) is 0 Å². The summed E-state index contributed by atoms with van der Waals surface area (Å²) in [4.78, 5) is 33.6. The van der Waals surface area contributed by atoms with Crippen LogP contribution < -0.4 is 5.32 Å². The van der Waals surface area contributed by atoms with Crippen LogP contribution in [-0.4, -0.2) is 34.7 Å². The Hall–Kier alpha value is -2.84. The Bertz CT molecular complexity index is 1080. The van der Waals surface area contributed by atoms with Gasteiger partial charge in [0.15, 0.2) is 18.2 Å². The van der Waals surface area contributed by atoms with Gasteiger partial charge in [-0.15, -0.1) is 11.8 Å². The average Bonchev–Trinajstić information content (AvgIpc) is 3.23. The lowest BCUT2D eigenvalue weighted by molar-refractivity contribution is -0.119. The molecule has 1 amide bonds. The van der Waals surface area contributed by atoms with Crippen molar-refractivity contribution in [2.24, 2.45) is 0 Å². The first-order chi connectivity index (χ1) is 14.3. The molecule has 0 aliphatic heterocycles. The molecule has 0 fully saturated rings. The van der Waals surface area contributed by atoms with Gasteiger partial charge in [0.25, 0.3) is 5.91 Å². The van der Waals surface area contributed by atoms with E-state index in [1.54, 1.807) is 31.4 Å². The largest absolute Gasteiger partial charge is 0.461 e. The second-order valence-electron chi connectivity index (χ2n) is 6.56. The molecule has 0 atom stereocenters. The molecule has 156 valence electrons. The van der Waals surface area contributed by atoms with Gasteiger partial charge in [0.1, 0.15) is 10.6 Å². The number of aromatic nitrogens is 2. The van der Waals surface area contributed by atoms with Crippen molar-refractivity contribution in [1.82, 2.24) is 9.97 Å². The highest BCUT2D eigenvalue weighted by atomic mass is 35.5. The monoisotopic (exact) mass is 445 g/mol. The Balaban J connectivity index is 1.72. The molecular weight excluding hydrogens is 426 g/mol. The van der Waals surface area contributed by atoms with Crippen molar-refractivity contribution in [3.63, 3.8) is 0 Å². The fourth-order valence-electron chi connectivity index (χ4n) is 2.90. The van der Waals surface area contributed by atoms with Gasteiger partial charge in [-0.05, 0) is 56.4 Å². The summed E-state index contributed by atoms with van der Waals surface area (Å²) in [6, 6.07) is 7.12. The molecule has 1 aromatic carbocycles. The van der Waals surface area contributed by atoms with Gasteiger partial charge in [-0.1, -0.05) is 17.7 Å². The van der Waals surface area contributed by atoms with E-state index in [4.69, 9.17) is 20.8 Å². The van der Waals surface area contributed by atoms with E-state index in [-0.39, 0.29) is 5.56 Å². The van der Waals surface area contributed by atoms with E-state index in [1.807, 2.05) is 19.9 Å². The normalized spacial score (nSPS) is 10.7. The Morgan fingerprint density at radius 3 is 2.63 bits per heavy atom. The molecule has 1 N–H and O–H groups in total. The van der Waals surface area contributed by atoms with Crippen molar-refractivity contribution in [2.45, 2.75) is 25.8 Å². The first-order valence-corrected chi connectivity index (χ1v) is 10.6. The van der Waals surface area contributed by atoms with Crippen LogP contribution in [0.3, 0.4) is 0 Å². The number of hydrogen-bond acceptors (Lipinski definition) is 7. The number of esters is 1. The molecule has 0 saturated heterocycles. The van der Waals surface area contributed by atoms with Crippen LogP contribution >= 0.6 is 23.4 Å². The highest BCUT2D eigenvalue weighted by molar-refractivity contribution is 7.98. The second-order valence-corrected chi connectivity index (χ2v) is 7.76. The van der Waals surface area contributed by atoms with Gasteiger partial charge in [-0.2, -0.15) is 0 Å². The number of hydrogen-bond donors (Lipinski definition) is 1. The summed E-state index contributed by atoms with van der Waals surface area (Å²) in [5, 5.41) is 3.55. The third-order valence-electron chi connectivity index (χ3n) is 4.23. The van der Waals surface area contributed by atoms with Crippen LogP contribution in [0.1, 0.15) is 27.2 Å². The number of carbonyl (C=O) groups is 2. The lowest BCUT2D eigenvalue weighted by Crippen LogP contribution is -2.22. The van der Waals surface area contributed by atoms with Crippen LogP contribution in [0.25, 0.3) is 11.6 Å². The van der Waals surface area contributed by atoms with Gasteiger partial charge in [0.05, 0.1) is 22.7 Å². The number of nitrogens with one attached hydrogen (secondary N) is 1. The van der Waals surface area contributed by atoms with Crippen molar-refractivity contribution >= 4 is 40.9 Å². The smallest absolute Gasteiger partial charge is 0.343 e. The Morgan fingerprint density at radius 2 is 2.00 bits per heavy atom. The van der Waals surface area contributed by atoms with Crippen LogP contribution in [0.2, 0.25) is 5.02 Å². The summed E-state index contributed by atoms with van der Waals surface area (Å²) in [6.45, 7) is 4.97. The maximum atomic E-state index is 12.6. The minimum absolute atomic E-state index is 0.218. The summed E-state index contributed by atoms with van der Waals surface area (Å²) >= 11 is 7.49. The molecule has 9 heteroatoms. The Kier molecular flexibility index (Phi) is 6.79. The molecule has 3 rings (SSSR count). The molecule has 0 unspecified atom stereocenters. The van der Waals surface area contributed by atoms with E-state index in [2.05, 4.69) is 15.3 Å². The zero-order valence-electron chi connectivity index (χ0n) is 16.9. The van der Waals surface area contributed by atoms with Crippen LogP contribution in [0.4, 0.5) is 5.69 Å². The molecule has 0 saturated carbocycles. The molecule has 2 heterocycles. The number of furan rings is 1. The van der Waals surface area contributed by atoms with Crippen LogP contribution in [-0.2, 0) is 9.53 Å². The molecule has 0 spiro atoms. The predicted molar refractivity (Wildman–Crippen MR) is 116 cm³/mol. The average molecular weight is 446 g/mol. The van der Waals surface area contributed by atoms with Crippen molar-refractivity contribution in [3.8, 4) is 11.6 Å². The standard InChI is InChI=1S/C21H20ClN3O4S/c1-11-8-12(2)18(14(22)9-11)24-16(26)10-29-21(27)17-13(3)23-19(25-20(17)30-4)15-6-5-7-28-15/h5-9H,10H2,1-4H3,(H,24,26). The summed E-state index contributed by atoms with van der Waals surface area (Å²) in [7, 11) is 0. The van der Waals surface area contributed by atoms with Crippen LogP contribution in [0.5, 0.6) is 0 Å². The minimum atomic E-state index is -0.676. The summed E-state index contributed by atoms with van der Waals surface area (Å²) in [5.41, 5.74) is 2.95. The third-order valence-corrected chi connectivity index (χ3v) is 5.21. The molecule has 3 aromatic rings. The number of rotatable bonds is 6. The van der Waals surface area contributed by atoms with Crippen LogP contribution in [0.15, 0.2) is 40.0 Å². The Morgan fingerprint density at radius 1 is 1.23 bits per heavy atom. The van der Waals surface area contributed by atoms with Crippen molar-refractivity contribution in [1.29, 1.82) is 0 Å². The fraction of sp³-hybridized carbons (Fsp3) is 0.238. The number of nitrogens with zero attached hydrogens (tertiary/aromatic N) is 2. The molecule has 0 aliphatic rings. The number of carbonyl (C=O) groups excluding carboxylic acids is 2. The van der Waals surface area contributed by atoms with Crippen LogP contribution in [0, 0.1) is 20.8 Å². The number of aryl methyl sites for hydroxylation is 3. The van der Waals surface area contributed by atoms with Gasteiger partial charge in [-0.3, -0.25) is 4.79 Å². The molecule has 30 heavy (non-hydrogen) atoms. The highest BCUT2D eigenvalue weighted by Crippen LogP contribution is 2.28. The first-order valence-electron chi connectivity index (χ1n) is 9.00. The van der Waals surface area contributed by atoms with Crippen molar-refractivity contribution in [2.75, 3.05) is 18.2 Å². The van der Waals surface area contributed by atoms with Gasteiger partial charge in [0, 0.05) is 0 Å². The third kappa shape index (κ3) is 4.83. The van der Waals surface area contributed by atoms with Crippen molar-refractivity contribution < 1.29 is 18.7 Å². The number of ether oxygens (including phenoxy) is 1. The van der Waals surface area contributed by atoms with E-state index in [9.17, 15) is 9.59 Å². The van der Waals surface area contributed by atoms with E-state index in [0.717, 1.165) is 11.1 Å². The van der Waals surface area contributed by atoms with Gasteiger partial charge < -0.3 is 14.5 Å². The Labute approximate surface area is 183 Å². The van der Waals surface area contributed by atoms with E-state index < -0.39 is 18.5 Å². The van der Waals surface area contributed by atoms with E-state index in [1.165, 1.54) is 18.0 Å². The van der Waals surface area contributed by atoms with Gasteiger partial charge in [-0.25, -0.2) is 14.8 Å². The predicted octanol–water partition coefficient (Wildman–Crippen LogP) is 4.83. The fourth-order valence-corrected chi connectivity index (χ4v) is 3.88. The maximum absolute atomic E-state index is 12.6. The lowest BCUT2D eigenvalue weighted by Gasteiger charge is -2.13. The summed E-state index contributed by atoms with van der Waals surface area (Å²) in [5.74, 6) is -0.294. The van der Waals surface area contributed by atoms with Crippen molar-refractivity contribution in [3.05, 3.63) is 57.9 Å². The topological polar surface area (TPSA) is 94.3 Å². The van der Waals surface area contributed by atoms with E-state index >= 15 is 0 Å². The second kappa shape index (κ2) is 9.32. The van der Waals surface area contributed by atoms with E-state index in [0.29, 0.717) is 33.0 Å². The number of anilines is 1. The summed E-state index contributed by atoms with van der Waals surface area (Å²) < 4.78 is 10.5. The lowest BCUT2D eigenvalue weighted by atomic mass is 10.1. The highest BCUT2D eigenvalue weighted by Gasteiger charge is 2.22. The molecule has 0 aliphatic carbocycles. The number of halogens is 1. The maximum Gasteiger partial charge on any atom is 0.343 e. The quantitative estimate of drug-likeness (QED) is 0.329. The molecule has 2 aromatic heterocycles. The zero-order chi connectivity index (χ0) is 21.8. The minimum Gasteiger partial charge on any atom is -0.461 e. The SMILES string of the molecule is CSc1nc(-c2ccco2)nc(C)c1C(=O)OCC(=O)Nc1c(C)cc(C)cc1Cl. The summed E-state index contributed by atoms with van der Waals surface area (Å²) in [6.07, 6.45) is 3.31. The number of amides is 1. The molecule has 0 bridgehead atoms. The number of benzene rings is 1. The first kappa shape index (κ1) is 21.9. The molecule has 7 nitrogen and oxygen atoms in total. The molecule has 0 radical (unpaired) electrons. The van der Waals surface area contributed by atoms with Gasteiger partial charge >= 0.3 is 5.97 Å². The number of thioether (sulfide) groups is 1.